The van der Waals surface area contributed by atoms with Crippen molar-refractivity contribution in [1.82, 2.24) is 5.32 Å². The van der Waals surface area contributed by atoms with Gasteiger partial charge >= 0.3 is 0 Å². The molecular weight excluding hydrogens is 336 g/mol. The zero-order chi connectivity index (χ0) is 17.8. The highest BCUT2D eigenvalue weighted by Gasteiger charge is 2.32. The minimum atomic E-state index is -0.464. The molecule has 132 valence electrons. The predicted molar refractivity (Wildman–Crippen MR) is 102 cm³/mol. The molecule has 2 fully saturated rings. The molecule has 1 aromatic carbocycles. The van der Waals surface area contributed by atoms with Gasteiger partial charge in [-0.2, -0.15) is 5.10 Å². The molecule has 6 nitrogen and oxygen atoms in total. The van der Waals surface area contributed by atoms with Crippen LogP contribution < -0.4 is 10.6 Å². The third kappa shape index (κ3) is 4.92. The second-order valence-electron chi connectivity index (χ2n) is 6.50. The van der Waals surface area contributed by atoms with Crippen LogP contribution in [-0.4, -0.2) is 27.9 Å². The van der Waals surface area contributed by atoms with Crippen LogP contribution in [0.3, 0.4) is 0 Å². The number of benzene rings is 1. The van der Waals surface area contributed by atoms with E-state index in [9.17, 15) is 9.59 Å². The van der Waals surface area contributed by atoms with Crippen LogP contribution >= 0.6 is 11.8 Å². The molecule has 1 saturated carbocycles. The Bertz CT molecular complexity index is 729. The van der Waals surface area contributed by atoms with E-state index in [2.05, 4.69) is 20.8 Å². The average molecular weight is 358 g/mol. The highest BCUT2D eigenvalue weighted by molar-refractivity contribution is 8.15. The number of aryl methyl sites for hydroxylation is 2. The van der Waals surface area contributed by atoms with E-state index in [1.165, 1.54) is 11.8 Å². The van der Waals surface area contributed by atoms with Crippen molar-refractivity contribution in [3.63, 3.8) is 0 Å². The number of hydrogen-bond acceptors (Lipinski definition) is 5. The molecule has 1 atom stereocenters. The first-order valence-corrected chi connectivity index (χ1v) is 9.36. The van der Waals surface area contributed by atoms with Crippen molar-refractivity contribution in [2.24, 2.45) is 10.2 Å². The Kier molecular flexibility index (Phi) is 5.53. The van der Waals surface area contributed by atoms with Crippen LogP contribution in [0.15, 0.2) is 28.4 Å². The minimum absolute atomic E-state index is 0.110. The molecule has 0 aromatic heterocycles. The van der Waals surface area contributed by atoms with Gasteiger partial charge in [0, 0.05) is 17.8 Å². The molecule has 2 amide bonds. The van der Waals surface area contributed by atoms with Gasteiger partial charge in [0.2, 0.25) is 11.8 Å². The Morgan fingerprint density at radius 2 is 1.88 bits per heavy atom. The van der Waals surface area contributed by atoms with Crippen LogP contribution in [0, 0.1) is 13.8 Å². The maximum Gasteiger partial charge on any atom is 0.240 e. The summed E-state index contributed by atoms with van der Waals surface area (Å²) in [7, 11) is 0. The predicted octanol–water partition coefficient (Wildman–Crippen LogP) is 3.15. The van der Waals surface area contributed by atoms with Crippen molar-refractivity contribution in [2.75, 3.05) is 5.32 Å². The van der Waals surface area contributed by atoms with E-state index in [1.54, 1.807) is 0 Å². The SMILES string of the molecule is Cc1cc(C)cc(NC(=O)CC2S/C(=N\N=C3CCCC3)NC2=O)c1. The molecule has 2 aliphatic rings. The first-order chi connectivity index (χ1) is 12.0. The molecule has 1 aliphatic carbocycles. The van der Waals surface area contributed by atoms with E-state index >= 15 is 0 Å². The second-order valence-corrected chi connectivity index (χ2v) is 7.69. The van der Waals surface area contributed by atoms with E-state index < -0.39 is 5.25 Å². The topological polar surface area (TPSA) is 82.9 Å². The zero-order valence-corrected chi connectivity index (χ0v) is 15.3. The monoisotopic (exact) mass is 358 g/mol. The van der Waals surface area contributed by atoms with Crippen molar-refractivity contribution in [3.8, 4) is 0 Å². The molecular formula is C18H22N4O2S. The number of amides is 2. The van der Waals surface area contributed by atoms with Gasteiger partial charge in [-0.25, -0.2) is 0 Å². The summed E-state index contributed by atoms with van der Waals surface area (Å²) in [5, 5.41) is 13.9. The number of anilines is 1. The number of nitrogens with zero attached hydrogens (tertiary/aromatic N) is 2. The third-order valence-electron chi connectivity index (χ3n) is 4.12. The van der Waals surface area contributed by atoms with E-state index in [0.717, 1.165) is 48.2 Å². The Hall–Kier alpha value is -2.15. The normalized spacial score (nSPS) is 21.5. The summed E-state index contributed by atoms with van der Waals surface area (Å²) < 4.78 is 0. The minimum Gasteiger partial charge on any atom is -0.326 e. The van der Waals surface area contributed by atoms with Crippen molar-refractivity contribution in [1.29, 1.82) is 0 Å². The molecule has 0 bridgehead atoms. The fraction of sp³-hybridized carbons (Fsp3) is 0.444. The van der Waals surface area contributed by atoms with E-state index in [4.69, 9.17) is 0 Å². The van der Waals surface area contributed by atoms with Crippen LogP contribution in [-0.2, 0) is 9.59 Å². The fourth-order valence-corrected chi connectivity index (χ4v) is 3.93. The maximum atomic E-state index is 12.2. The highest BCUT2D eigenvalue weighted by atomic mass is 32.2. The highest BCUT2D eigenvalue weighted by Crippen LogP contribution is 2.24. The summed E-state index contributed by atoms with van der Waals surface area (Å²) in [5.74, 6) is -0.369. The summed E-state index contributed by atoms with van der Waals surface area (Å²) in [6.07, 6.45) is 4.39. The van der Waals surface area contributed by atoms with E-state index in [-0.39, 0.29) is 18.2 Å². The van der Waals surface area contributed by atoms with Crippen molar-refractivity contribution < 1.29 is 9.59 Å². The van der Waals surface area contributed by atoms with Gasteiger partial charge in [-0.15, -0.1) is 5.10 Å². The number of carbonyl (C=O) groups is 2. The lowest BCUT2D eigenvalue weighted by Gasteiger charge is -2.09. The lowest BCUT2D eigenvalue weighted by atomic mass is 10.1. The second kappa shape index (κ2) is 7.82. The molecule has 1 unspecified atom stereocenters. The quantitative estimate of drug-likeness (QED) is 0.811. The molecule has 1 heterocycles. The largest absolute Gasteiger partial charge is 0.326 e. The molecule has 7 heteroatoms. The van der Waals surface area contributed by atoms with Crippen molar-refractivity contribution in [3.05, 3.63) is 29.3 Å². The van der Waals surface area contributed by atoms with Gasteiger partial charge in [0.05, 0.1) is 0 Å². The lowest BCUT2D eigenvalue weighted by Crippen LogP contribution is -2.28. The third-order valence-corrected chi connectivity index (χ3v) is 5.19. The van der Waals surface area contributed by atoms with Crippen LogP contribution in [0.4, 0.5) is 5.69 Å². The average Bonchev–Trinajstić information content (AvgIpc) is 3.14. The lowest BCUT2D eigenvalue weighted by molar-refractivity contribution is -0.122. The van der Waals surface area contributed by atoms with Crippen molar-refractivity contribution in [2.45, 2.75) is 51.2 Å². The molecule has 25 heavy (non-hydrogen) atoms. The molecule has 0 radical (unpaired) electrons. The van der Waals surface area contributed by atoms with Gasteiger partial charge in [0.1, 0.15) is 5.25 Å². The Morgan fingerprint density at radius 1 is 1.20 bits per heavy atom. The molecule has 3 rings (SSSR count). The van der Waals surface area contributed by atoms with Crippen LogP contribution in [0.1, 0.15) is 43.2 Å². The number of carbonyl (C=O) groups excluding carboxylic acids is 2. The molecule has 1 saturated heterocycles. The van der Waals surface area contributed by atoms with E-state index in [1.807, 2.05) is 32.0 Å². The van der Waals surface area contributed by atoms with Crippen LogP contribution in [0.5, 0.6) is 0 Å². The molecule has 0 spiro atoms. The smallest absolute Gasteiger partial charge is 0.240 e. The summed E-state index contributed by atoms with van der Waals surface area (Å²) in [5.41, 5.74) is 4.01. The Balaban J connectivity index is 1.57. The number of rotatable bonds is 4. The van der Waals surface area contributed by atoms with Gasteiger partial charge in [0.15, 0.2) is 5.17 Å². The first kappa shape index (κ1) is 17.7. The van der Waals surface area contributed by atoms with Gasteiger partial charge in [-0.3, -0.25) is 9.59 Å². The fourth-order valence-electron chi connectivity index (χ4n) is 3.01. The van der Waals surface area contributed by atoms with Crippen LogP contribution in [0.2, 0.25) is 0 Å². The number of thioether (sulfide) groups is 1. The van der Waals surface area contributed by atoms with Gasteiger partial charge in [0.25, 0.3) is 0 Å². The number of nitrogens with one attached hydrogen (secondary N) is 2. The molecule has 1 aromatic rings. The van der Waals surface area contributed by atoms with Gasteiger partial charge < -0.3 is 10.6 Å². The van der Waals surface area contributed by atoms with E-state index in [0.29, 0.717) is 5.17 Å². The summed E-state index contributed by atoms with van der Waals surface area (Å²) in [6, 6.07) is 5.87. The number of amidine groups is 1. The van der Waals surface area contributed by atoms with Gasteiger partial charge in [-0.05, 0) is 62.8 Å². The molecule has 1 aliphatic heterocycles. The maximum absolute atomic E-state index is 12.2. The number of hydrogen-bond donors (Lipinski definition) is 2. The summed E-state index contributed by atoms with van der Waals surface area (Å²) >= 11 is 1.27. The first-order valence-electron chi connectivity index (χ1n) is 8.48. The standard InChI is InChI=1S/C18H22N4O2S/c1-11-7-12(2)9-14(8-11)19-16(23)10-15-17(24)20-18(25-15)22-21-13-5-3-4-6-13/h7-9,15H,3-6,10H2,1-2H3,(H,19,23)(H,20,22,24). The Labute approximate surface area is 151 Å². The molecule has 2 N–H and O–H groups in total. The Morgan fingerprint density at radius 3 is 2.56 bits per heavy atom. The van der Waals surface area contributed by atoms with Crippen molar-refractivity contribution >= 4 is 40.1 Å². The summed E-state index contributed by atoms with van der Waals surface area (Å²) in [6.45, 7) is 3.97. The zero-order valence-electron chi connectivity index (χ0n) is 14.5. The van der Waals surface area contributed by atoms with Gasteiger partial charge in [-0.1, -0.05) is 17.8 Å². The summed E-state index contributed by atoms with van der Waals surface area (Å²) in [4.78, 5) is 24.3. The van der Waals surface area contributed by atoms with Crippen LogP contribution in [0.25, 0.3) is 0 Å².